The molecule has 32 heavy (non-hydrogen) atoms. The molecule has 10 heteroatoms. The Morgan fingerprint density at radius 3 is 2.34 bits per heavy atom. The van der Waals surface area contributed by atoms with E-state index in [0.717, 1.165) is 6.42 Å². The molecule has 2 rings (SSSR count). The van der Waals surface area contributed by atoms with Crippen LogP contribution in [0.25, 0.3) is 10.8 Å². The van der Waals surface area contributed by atoms with Crippen LogP contribution in [0.1, 0.15) is 26.2 Å². The van der Waals surface area contributed by atoms with Gasteiger partial charge in [0.05, 0.1) is 37.0 Å². The third-order valence-electron chi connectivity index (χ3n) is 4.45. The quantitative estimate of drug-likeness (QED) is 0.364. The van der Waals surface area contributed by atoms with Crippen molar-refractivity contribution >= 4 is 39.5 Å². The Bertz CT molecular complexity index is 1020. The number of carbonyl (C=O) groups is 3. The molecule has 0 saturated heterocycles. The molecule has 0 amide bonds. The molecule has 0 aliphatic carbocycles. The second-order valence-electron chi connectivity index (χ2n) is 6.60. The van der Waals surface area contributed by atoms with Gasteiger partial charge in [0.1, 0.15) is 5.75 Å². The molecule has 0 N–H and O–H groups in total. The minimum absolute atomic E-state index is 0.0507. The first kappa shape index (κ1) is 25.1. The van der Waals surface area contributed by atoms with Gasteiger partial charge >= 0.3 is 17.9 Å². The van der Waals surface area contributed by atoms with Gasteiger partial charge in [0.25, 0.3) is 0 Å². The number of benzene rings is 2. The number of esters is 3. The highest BCUT2D eigenvalue weighted by molar-refractivity contribution is 7.86. The lowest BCUT2D eigenvalue weighted by Gasteiger charge is -2.17. The zero-order valence-corrected chi connectivity index (χ0v) is 19.2. The maximum absolute atomic E-state index is 12.9. The second kappa shape index (κ2) is 12.0. The fraction of sp³-hybridized carbons (Fsp3) is 0.409. The fourth-order valence-electron chi connectivity index (χ4n) is 2.90. The highest BCUT2D eigenvalue weighted by Gasteiger charge is 2.24. The summed E-state index contributed by atoms with van der Waals surface area (Å²) in [5.41, 5.74) is 0. The summed E-state index contributed by atoms with van der Waals surface area (Å²) in [6.45, 7) is 1.33. The Morgan fingerprint density at radius 2 is 1.72 bits per heavy atom. The van der Waals surface area contributed by atoms with Crippen LogP contribution in [0.3, 0.4) is 0 Å². The van der Waals surface area contributed by atoms with Gasteiger partial charge in [-0.25, -0.2) is 4.79 Å². The maximum atomic E-state index is 12.9. The average molecular weight is 467 g/mol. The Hall–Kier alpha value is -3.14. The van der Waals surface area contributed by atoms with Crippen LogP contribution in [-0.2, 0) is 34.7 Å². The van der Waals surface area contributed by atoms with E-state index in [-0.39, 0.29) is 34.3 Å². The van der Waals surface area contributed by atoms with Crippen LogP contribution < -0.4 is 14.2 Å². The van der Waals surface area contributed by atoms with Gasteiger partial charge < -0.3 is 23.7 Å². The molecule has 0 heterocycles. The molecule has 0 spiro atoms. The molecule has 0 radical (unpaired) electrons. The lowest BCUT2D eigenvalue weighted by molar-refractivity contribution is -0.153. The minimum atomic E-state index is -1.79. The van der Waals surface area contributed by atoms with Crippen LogP contribution in [0.2, 0.25) is 0 Å². The number of unbranched alkanes of at least 4 members (excludes halogenated alkanes) is 1. The Balaban J connectivity index is 2.48. The SMILES string of the molecule is CCCCC(=O)OCC(=O)Oc1c(OC)c(OC)cc2cccc(S(=O)CC(=O)OC)c12. The predicted octanol–water partition coefficient (Wildman–Crippen LogP) is 2.78. The highest BCUT2D eigenvalue weighted by Crippen LogP contribution is 2.45. The van der Waals surface area contributed by atoms with Crippen molar-refractivity contribution < 1.29 is 42.3 Å². The topological polar surface area (TPSA) is 114 Å². The standard InChI is InChI=1S/C22H26O9S/c1-5-6-10-17(23)30-12-18(24)31-22-20-14(11-15(27-2)21(22)29-4)8-7-9-16(20)32(26)13-19(25)28-3/h7-9,11H,5-6,10,12-13H2,1-4H3. The largest absolute Gasteiger partial charge is 0.493 e. The Kier molecular flexibility index (Phi) is 9.45. The van der Waals surface area contributed by atoms with Crippen molar-refractivity contribution in [1.82, 2.24) is 0 Å². The lowest BCUT2D eigenvalue weighted by Crippen LogP contribution is -2.19. The Morgan fingerprint density at radius 1 is 0.969 bits per heavy atom. The normalized spacial score (nSPS) is 11.5. The first-order valence-corrected chi connectivity index (χ1v) is 11.2. The van der Waals surface area contributed by atoms with Gasteiger partial charge in [-0.2, -0.15) is 0 Å². The molecule has 9 nitrogen and oxygen atoms in total. The van der Waals surface area contributed by atoms with Crippen molar-refractivity contribution in [3.8, 4) is 17.2 Å². The van der Waals surface area contributed by atoms with Crippen molar-refractivity contribution in [3.63, 3.8) is 0 Å². The number of hydrogen-bond donors (Lipinski definition) is 0. The summed E-state index contributed by atoms with van der Waals surface area (Å²) in [4.78, 5) is 36.1. The van der Waals surface area contributed by atoms with E-state index in [0.29, 0.717) is 17.2 Å². The molecular weight excluding hydrogens is 440 g/mol. The van der Waals surface area contributed by atoms with Crippen molar-refractivity contribution in [2.45, 2.75) is 31.1 Å². The second-order valence-corrected chi connectivity index (χ2v) is 8.02. The molecule has 0 aliphatic heterocycles. The molecular formula is C22H26O9S. The zero-order chi connectivity index (χ0) is 23.7. The van der Waals surface area contributed by atoms with E-state index >= 15 is 0 Å². The van der Waals surface area contributed by atoms with Crippen LogP contribution in [-0.4, -0.2) is 55.8 Å². The van der Waals surface area contributed by atoms with Gasteiger partial charge in [0, 0.05) is 11.8 Å². The van der Waals surface area contributed by atoms with E-state index in [4.69, 9.17) is 18.9 Å². The summed E-state index contributed by atoms with van der Waals surface area (Å²) < 4.78 is 38.7. The summed E-state index contributed by atoms with van der Waals surface area (Å²) in [5, 5.41) is 0.846. The van der Waals surface area contributed by atoms with Crippen LogP contribution in [0.4, 0.5) is 0 Å². The highest BCUT2D eigenvalue weighted by atomic mass is 32.2. The molecule has 174 valence electrons. The van der Waals surface area contributed by atoms with E-state index in [2.05, 4.69) is 4.74 Å². The number of rotatable bonds is 11. The summed E-state index contributed by atoms with van der Waals surface area (Å²) >= 11 is 0. The molecule has 0 aromatic heterocycles. The number of methoxy groups -OCH3 is 3. The molecule has 1 unspecified atom stereocenters. The Labute approximate surface area is 188 Å². The van der Waals surface area contributed by atoms with Gasteiger partial charge in [-0.1, -0.05) is 25.5 Å². The third-order valence-corrected chi connectivity index (χ3v) is 5.78. The van der Waals surface area contributed by atoms with E-state index in [1.807, 2.05) is 6.92 Å². The van der Waals surface area contributed by atoms with Gasteiger partial charge in [-0.15, -0.1) is 0 Å². The van der Waals surface area contributed by atoms with E-state index in [1.165, 1.54) is 21.3 Å². The van der Waals surface area contributed by atoms with Gasteiger partial charge in [-0.3, -0.25) is 13.8 Å². The van der Waals surface area contributed by atoms with E-state index in [1.54, 1.807) is 24.3 Å². The molecule has 1 atom stereocenters. The van der Waals surface area contributed by atoms with E-state index in [9.17, 15) is 18.6 Å². The molecule has 0 bridgehead atoms. The van der Waals surface area contributed by atoms with Gasteiger partial charge in [0.2, 0.25) is 5.75 Å². The summed E-state index contributed by atoms with van der Waals surface area (Å²) in [7, 11) is 2.19. The maximum Gasteiger partial charge on any atom is 0.349 e. The van der Waals surface area contributed by atoms with Crippen molar-refractivity contribution in [2.75, 3.05) is 33.7 Å². The molecule has 2 aromatic rings. The van der Waals surface area contributed by atoms with Crippen LogP contribution in [0.5, 0.6) is 17.2 Å². The smallest absolute Gasteiger partial charge is 0.349 e. The summed E-state index contributed by atoms with van der Waals surface area (Å²) in [5.74, 6) is -2.08. The summed E-state index contributed by atoms with van der Waals surface area (Å²) in [6, 6.07) is 6.54. The van der Waals surface area contributed by atoms with Crippen LogP contribution in [0, 0.1) is 0 Å². The van der Waals surface area contributed by atoms with E-state index < -0.39 is 35.3 Å². The fourth-order valence-corrected chi connectivity index (χ4v) is 4.05. The third kappa shape index (κ3) is 6.19. The molecule has 0 saturated carbocycles. The predicted molar refractivity (Wildman–Crippen MR) is 116 cm³/mol. The van der Waals surface area contributed by atoms with Crippen molar-refractivity contribution in [2.24, 2.45) is 0 Å². The van der Waals surface area contributed by atoms with Crippen molar-refractivity contribution in [1.29, 1.82) is 0 Å². The van der Waals surface area contributed by atoms with Gasteiger partial charge in [-0.05, 0) is 23.9 Å². The number of carbonyl (C=O) groups excluding carboxylic acids is 3. The average Bonchev–Trinajstić information content (AvgIpc) is 2.80. The molecule has 2 aromatic carbocycles. The molecule has 0 fully saturated rings. The summed E-state index contributed by atoms with van der Waals surface area (Å²) in [6.07, 6.45) is 1.67. The van der Waals surface area contributed by atoms with Gasteiger partial charge in [0.15, 0.2) is 18.1 Å². The van der Waals surface area contributed by atoms with Crippen molar-refractivity contribution in [3.05, 3.63) is 24.3 Å². The first-order valence-electron chi connectivity index (χ1n) is 9.85. The van der Waals surface area contributed by atoms with Crippen LogP contribution in [0.15, 0.2) is 29.2 Å². The van der Waals surface area contributed by atoms with Crippen LogP contribution >= 0.6 is 0 Å². The monoisotopic (exact) mass is 466 g/mol. The molecule has 0 aliphatic rings. The number of fused-ring (bicyclic) bond motifs is 1. The lowest BCUT2D eigenvalue weighted by atomic mass is 10.1. The number of ether oxygens (including phenoxy) is 5. The first-order chi connectivity index (χ1) is 15.4. The number of hydrogen-bond acceptors (Lipinski definition) is 9. The zero-order valence-electron chi connectivity index (χ0n) is 18.4. The minimum Gasteiger partial charge on any atom is -0.493 e.